The monoisotopic (exact) mass is 315 g/mol. The third-order valence-corrected chi connectivity index (χ3v) is 3.79. The lowest BCUT2D eigenvalue weighted by Gasteiger charge is -2.07. The predicted molar refractivity (Wildman–Crippen MR) is 74.5 cm³/mol. The van der Waals surface area contributed by atoms with Gasteiger partial charge in [-0.3, -0.25) is 4.79 Å². The number of hydrogen-bond donors (Lipinski definition) is 1. The highest BCUT2D eigenvalue weighted by Gasteiger charge is 2.16. The van der Waals surface area contributed by atoms with Gasteiger partial charge in [0.25, 0.3) is 0 Å². The molecule has 0 fully saturated rings. The van der Waals surface area contributed by atoms with E-state index in [1.54, 1.807) is 4.57 Å². The van der Waals surface area contributed by atoms with Crippen LogP contribution in [-0.4, -0.2) is 31.6 Å². The second-order valence-corrected chi connectivity index (χ2v) is 5.21. The minimum Gasteiger partial charge on any atom is -0.481 e. The maximum Gasteiger partial charge on any atom is 0.313 e. The Bertz CT molecular complexity index is 648. The van der Waals surface area contributed by atoms with Crippen LogP contribution in [0.1, 0.15) is 6.92 Å². The molecule has 0 amide bonds. The lowest BCUT2D eigenvalue weighted by molar-refractivity contribution is -0.133. The van der Waals surface area contributed by atoms with Gasteiger partial charge in [-0.05, 0) is 25.1 Å². The van der Waals surface area contributed by atoms with Crippen molar-refractivity contribution in [3.05, 3.63) is 29.0 Å². The molecule has 2 rings (SSSR count). The third kappa shape index (κ3) is 3.10. The van der Waals surface area contributed by atoms with Crippen LogP contribution in [0, 0.1) is 5.82 Å². The summed E-state index contributed by atoms with van der Waals surface area (Å²) in [5.41, 5.74) is 0.560. The number of carboxylic acid groups (broad SMARTS) is 1. The van der Waals surface area contributed by atoms with E-state index in [1.165, 1.54) is 18.2 Å². The Morgan fingerprint density at radius 3 is 2.85 bits per heavy atom. The molecule has 0 unspecified atom stereocenters. The van der Waals surface area contributed by atoms with Crippen molar-refractivity contribution in [2.75, 3.05) is 5.75 Å². The van der Waals surface area contributed by atoms with E-state index in [4.69, 9.17) is 16.7 Å². The first-order valence-corrected chi connectivity index (χ1v) is 7.12. The van der Waals surface area contributed by atoms with Crippen LogP contribution in [0.25, 0.3) is 11.4 Å². The molecule has 2 aromatic rings. The van der Waals surface area contributed by atoms with E-state index >= 15 is 0 Å². The van der Waals surface area contributed by atoms with Crippen LogP contribution in [0.4, 0.5) is 4.39 Å². The number of thioether (sulfide) groups is 1. The first-order valence-electron chi connectivity index (χ1n) is 5.76. The van der Waals surface area contributed by atoms with E-state index in [9.17, 15) is 9.18 Å². The molecule has 1 heterocycles. The quantitative estimate of drug-likeness (QED) is 0.859. The largest absolute Gasteiger partial charge is 0.481 e. The van der Waals surface area contributed by atoms with Crippen molar-refractivity contribution in [1.82, 2.24) is 14.8 Å². The molecular weight excluding hydrogens is 305 g/mol. The molecule has 0 spiro atoms. The van der Waals surface area contributed by atoms with Crippen LogP contribution in [0.5, 0.6) is 0 Å². The summed E-state index contributed by atoms with van der Waals surface area (Å²) in [5.74, 6) is -0.968. The molecule has 106 valence electrons. The predicted octanol–water partition coefficient (Wildman–Crippen LogP) is 2.93. The van der Waals surface area contributed by atoms with Gasteiger partial charge < -0.3 is 9.67 Å². The lowest BCUT2D eigenvalue weighted by Crippen LogP contribution is -2.03. The second-order valence-electron chi connectivity index (χ2n) is 3.86. The molecule has 0 saturated carbocycles. The number of carboxylic acids is 1. The van der Waals surface area contributed by atoms with Gasteiger partial charge in [0.2, 0.25) is 0 Å². The smallest absolute Gasteiger partial charge is 0.313 e. The zero-order valence-corrected chi connectivity index (χ0v) is 12.1. The molecule has 20 heavy (non-hydrogen) atoms. The Morgan fingerprint density at radius 2 is 2.25 bits per heavy atom. The SMILES string of the molecule is CCn1c(SCC(=O)O)nnc1-c1ccc(F)cc1Cl. The normalized spacial score (nSPS) is 10.8. The minimum absolute atomic E-state index is 0.102. The van der Waals surface area contributed by atoms with Gasteiger partial charge >= 0.3 is 5.97 Å². The number of aromatic nitrogens is 3. The number of halogens is 2. The van der Waals surface area contributed by atoms with E-state index in [0.717, 1.165) is 11.8 Å². The van der Waals surface area contributed by atoms with Crippen molar-refractivity contribution in [2.24, 2.45) is 0 Å². The van der Waals surface area contributed by atoms with Gasteiger partial charge in [-0.2, -0.15) is 0 Å². The van der Waals surface area contributed by atoms with Crippen LogP contribution in [-0.2, 0) is 11.3 Å². The Labute approximate surface area is 123 Å². The standard InChI is InChI=1S/C12H11ClFN3O2S/c1-2-17-11(8-4-3-7(14)5-9(8)13)15-16-12(17)20-6-10(18)19/h3-5H,2,6H2,1H3,(H,18,19). The Kier molecular flexibility index (Phi) is 4.61. The van der Waals surface area contributed by atoms with E-state index in [2.05, 4.69) is 10.2 Å². The van der Waals surface area contributed by atoms with Gasteiger partial charge in [-0.25, -0.2) is 4.39 Å². The summed E-state index contributed by atoms with van der Waals surface area (Å²) in [6.07, 6.45) is 0. The van der Waals surface area contributed by atoms with E-state index in [-0.39, 0.29) is 10.8 Å². The Morgan fingerprint density at radius 1 is 1.50 bits per heavy atom. The molecule has 1 aromatic heterocycles. The highest BCUT2D eigenvalue weighted by molar-refractivity contribution is 7.99. The van der Waals surface area contributed by atoms with Crippen molar-refractivity contribution in [1.29, 1.82) is 0 Å². The van der Waals surface area contributed by atoms with Crippen LogP contribution >= 0.6 is 23.4 Å². The molecule has 8 heteroatoms. The van der Waals surface area contributed by atoms with Crippen molar-refractivity contribution in [3.8, 4) is 11.4 Å². The van der Waals surface area contributed by atoms with Gasteiger partial charge in [-0.1, -0.05) is 23.4 Å². The number of rotatable bonds is 5. The summed E-state index contributed by atoms with van der Waals surface area (Å²) in [7, 11) is 0. The molecule has 0 bridgehead atoms. The third-order valence-electron chi connectivity index (χ3n) is 2.53. The molecule has 1 aromatic carbocycles. The van der Waals surface area contributed by atoms with Gasteiger partial charge in [-0.15, -0.1) is 10.2 Å². The average Bonchev–Trinajstić information content (AvgIpc) is 2.79. The van der Waals surface area contributed by atoms with Crippen molar-refractivity contribution in [3.63, 3.8) is 0 Å². The molecule has 0 aliphatic rings. The van der Waals surface area contributed by atoms with Crippen LogP contribution in [0.2, 0.25) is 5.02 Å². The first-order chi connectivity index (χ1) is 9.52. The second kappa shape index (κ2) is 6.23. The number of aliphatic carboxylic acids is 1. The van der Waals surface area contributed by atoms with Crippen LogP contribution < -0.4 is 0 Å². The minimum atomic E-state index is -0.929. The molecule has 0 atom stereocenters. The molecule has 0 radical (unpaired) electrons. The van der Waals surface area contributed by atoms with E-state index in [1.807, 2.05) is 6.92 Å². The summed E-state index contributed by atoms with van der Waals surface area (Å²) in [6, 6.07) is 4.02. The zero-order chi connectivity index (χ0) is 14.7. The van der Waals surface area contributed by atoms with E-state index < -0.39 is 11.8 Å². The molecule has 0 aliphatic carbocycles. The zero-order valence-electron chi connectivity index (χ0n) is 10.5. The molecular formula is C12H11ClFN3O2S. The van der Waals surface area contributed by atoms with Crippen molar-refractivity contribution in [2.45, 2.75) is 18.6 Å². The highest BCUT2D eigenvalue weighted by atomic mass is 35.5. The molecule has 0 saturated heterocycles. The lowest BCUT2D eigenvalue weighted by atomic mass is 10.2. The summed E-state index contributed by atoms with van der Waals surface area (Å²) in [6.45, 7) is 2.44. The molecule has 0 aliphatic heterocycles. The fourth-order valence-electron chi connectivity index (χ4n) is 1.68. The topological polar surface area (TPSA) is 68.0 Å². The van der Waals surface area contributed by atoms with Gasteiger partial charge in [0, 0.05) is 12.1 Å². The van der Waals surface area contributed by atoms with Gasteiger partial charge in [0.1, 0.15) is 5.82 Å². The fraction of sp³-hybridized carbons (Fsp3) is 0.250. The maximum absolute atomic E-state index is 13.1. The summed E-state index contributed by atoms with van der Waals surface area (Å²) in [4.78, 5) is 10.6. The Balaban J connectivity index is 2.39. The number of carbonyl (C=O) groups is 1. The first kappa shape index (κ1) is 14.8. The van der Waals surface area contributed by atoms with E-state index in [0.29, 0.717) is 23.1 Å². The van der Waals surface area contributed by atoms with Gasteiger partial charge in [0.05, 0.1) is 10.8 Å². The van der Waals surface area contributed by atoms with Gasteiger partial charge in [0.15, 0.2) is 11.0 Å². The van der Waals surface area contributed by atoms with Crippen molar-refractivity contribution < 1.29 is 14.3 Å². The highest BCUT2D eigenvalue weighted by Crippen LogP contribution is 2.29. The van der Waals surface area contributed by atoms with Crippen LogP contribution in [0.3, 0.4) is 0 Å². The average molecular weight is 316 g/mol. The summed E-state index contributed by atoms with van der Waals surface area (Å²) < 4.78 is 14.8. The summed E-state index contributed by atoms with van der Waals surface area (Å²) >= 11 is 7.08. The molecule has 5 nitrogen and oxygen atoms in total. The van der Waals surface area contributed by atoms with Crippen molar-refractivity contribution >= 4 is 29.3 Å². The maximum atomic E-state index is 13.1. The van der Waals surface area contributed by atoms with Crippen LogP contribution in [0.15, 0.2) is 23.4 Å². The Hall–Kier alpha value is -1.60. The number of hydrogen-bond acceptors (Lipinski definition) is 4. The number of nitrogens with zero attached hydrogens (tertiary/aromatic N) is 3. The summed E-state index contributed by atoms with van der Waals surface area (Å²) in [5, 5.41) is 17.4. The molecule has 1 N–H and O–H groups in total. The number of benzene rings is 1. The fourth-order valence-corrected chi connectivity index (χ4v) is 2.65.